The summed E-state index contributed by atoms with van der Waals surface area (Å²) in [7, 11) is 4.02. The van der Waals surface area contributed by atoms with E-state index in [0.29, 0.717) is 23.9 Å². The molecular weight excluding hydrogens is 424 g/mol. The molecule has 34 heavy (non-hydrogen) atoms. The maximum absolute atomic E-state index is 13.3. The van der Waals surface area contributed by atoms with Crippen molar-refractivity contribution in [2.75, 3.05) is 37.8 Å². The zero-order valence-electron chi connectivity index (χ0n) is 20.5. The Kier molecular flexibility index (Phi) is 8.65. The number of aliphatic imine (C=N–C) groups is 1. The summed E-state index contributed by atoms with van der Waals surface area (Å²) in [4.78, 5) is 29.1. The first-order valence-electron chi connectivity index (χ1n) is 11.2. The van der Waals surface area contributed by atoms with Crippen molar-refractivity contribution in [3.05, 3.63) is 83.7 Å². The fourth-order valence-electron chi connectivity index (χ4n) is 3.17. The molecular formula is C27H32N6O. The molecule has 2 N–H and O–H groups in total. The van der Waals surface area contributed by atoms with Crippen LogP contribution in [0, 0.1) is 0 Å². The number of likely N-dealkylation sites (N-methyl/N-ethyl adjacent to an activating group) is 1. The van der Waals surface area contributed by atoms with E-state index in [0.717, 1.165) is 29.0 Å². The quantitative estimate of drug-likeness (QED) is 0.438. The predicted molar refractivity (Wildman–Crippen MR) is 141 cm³/mol. The Bertz CT molecular complexity index is 1180. The SMILES string of the molecule is CC(C)=CN=C(C)c1ccccc1NC(=O)c1cc(NCCN(C)C)nc(-c2ccccc2)n1. The Morgan fingerprint density at radius 2 is 1.71 bits per heavy atom. The standard InChI is InChI=1S/C27H32N6O/c1-19(2)18-29-20(3)22-13-9-10-14-23(22)31-27(34)24-17-25(28-15-16-33(4)5)32-26(30-24)21-11-7-6-8-12-21/h6-14,17-18H,15-16H2,1-5H3,(H,31,34)(H,28,30,32). The first-order valence-corrected chi connectivity index (χ1v) is 11.2. The fourth-order valence-corrected chi connectivity index (χ4v) is 3.17. The molecule has 0 bridgehead atoms. The number of amides is 1. The summed E-state index contributed by atoms with van der Waals surface area (Å²) in [6, 6.07) is 19.0. The summed E-state index contributed by atoms with van der Waals surface area (Å²) >= 11 is 0. The van der Waals surface area contributed by atoms with E-state index >= 15 is 0 Å². The van der Waals surface area contributed by atoms with E-state index in [1.54, 1.807) is 6.07 Å². The van der Waals surface area contributed by atoms with Crippen LogP contribution in [0.15, 0.2) is 77.4 Å². The van der Waals surface area contributed by atoms with Gasteiger partial charge in [0.2, 0.25) is 0 Å². The Morgan fingerprint density at radius 3 is 2.41 bits per heavy atom. The Morgan fingerprint density at radius 1 is 1.00 bits per heavy atom. The molecule has 176 valence electrons. The lowest BCUT2D eigenvalue weighted by Gasteiger charge is -2.14. The van der Waals surface area contributed by atoms with Crippen LogP contribution >= 0.6 is 0 Å². The van der Waals surface area contributed by atoms with Gasteiger partial charge in [-0.15, -0.1) is 0 Å². The van der Waals surface area contributed by atoms with Crippen molar-refractivity contribution in [2.24, 2.45) is 4.99 Å². The van der Waals surface area contributed by atoms with Gasteiger partial charge in [0.25, 0.3) is 5.91 Å². The second kappa shape index (κ2) is 11.9. The molecule has 0 aliphatic heterocycles. The molecule has 0 aliphatic rings. The minimum atomic E-state index is -0.308. The second-order valence-corrected chi connectivity index (χ2v) is 8.48. The van der Waals surface area contributed by atoms with E-state index < -0.39 is 0 Å². The van der Waals surface area contributed by atoms with Gasteiger partial charge in [-0.3, -0.25) is 9.79 Å². The Hall–Kier alpha value is -3.84. The highest BCUT2D eigenvalue weighted by Crippen LogP contribution is 2.21. The lowest BCUT2D eigenvalue weighted by atomic mass is 10.1. The highest BCUT2D eigenvalue weighted by Gasteiger charge is 2.15. The number of nitrogens with zero attached hydrogens (tertiary/aromatic N) is 4. The maximum atomic E-state index is 13.3. The smallest absolute Gasteiger partial charge is 0.274 e. The van der Waals surface area contributed by atoms with Gasteiger partial charge in [-0.05, 0) is 40.9 Å². The predicted octanol–water partition coefficient (Wildman–Crippen LogP) is 5.10. The van der Waals surface area contributed by atoms with Crippen molar-refractivity contribution in [1.82, 2.24) is 14.9 Å². The molecule has 0 spiro atoms. The summed E-state index contributed by atoms with van der Waals surface area (Å²) in [5.74, 6) is 0.795. The van der Waals surface area contributed by atoms with Crippen molar-refractivity contribution in [3.63, 3.8) is 0 Å². The third-order valence-corrected chi connectivity index (χ3v) is 4.94. The van der Waals surface area contributed by atoms with Gasteiger partial charge in [-0.1, -0.05) is 54.1 Å². The molecule has 0 aliphatic carbocycles. The number of benzene rings is 2. The average Bonchev–Trinajstić information content (AvgIpc) is 2.83. The molecule has 1 heterocycles. The summed E-state index contributed by atoms with van der Waals surface area (Å²) in [6.07, 6.45) is 1.82. The van der Waals surface area contributed by atoms with Crippen LogP contribution in [-0.2, 0) is 0 Å². The Labute approximate surface area is 201 Å². The number of rotatable bonds is 9. The third kappa shape index (κ3) is 7.08. The van der Waals surface area contributed by atoms with Gasteiger partial charge < -0.3 is 15.5 Å². The van der Waals surface area contributed by atoms with Crippen molar-refractivity contribution in [2.45, 2.75) is 20.8 Å². The number of nitrogens with one attached hydrogen (secondary N) is 2. The normalized spacial score (nSPS) is 11.3. The number of hydrogen-bond donors (Lipinski definition) is 2. The van der Waals surface area contributed by atoms with E-state index in [2.05, 4.69) is 30.5 Å². The molecule has 0 radical (unpaired) electrons. The van der Waals surface area contributed by atoms with Gasteiger partial charge in [0.15, 0.2) is 5.82 Å². The molecule has 0 saturated carbocycles. The summed E-state index contributed by atoms with van der Waals surface area (Å²) in [5.41, 5.74) is 4.58. The number of aromatic nitrogens is 2. The zero-order valence-corrected chi connectivity index (χ0v) is 20.5. The summed E-state index contributed by atoms with van der Waals surface area (Å²) in [5, 5.41) is 6.31. The number of anilines is 2. The van der Waals surface area contributed by atoms with Gasteiger partial charge >= 0.3 is 0 Å². The molecule has 7 heteroatoms. The highest BCUT2D eigenvalue weighted by molar-refractivity contribution is 6.10. The van der Waals surface area contributed by atoms with Gasteiger partial charge in [0, 0.05) is 42.2 Å². The first-order chi connectivity index (χ1) is 16.3. The monoisotopic (exact) mass is 456 g/mol. The topological polar surface area (TPSA) is 82.5 Å². The molecule has 0 atom stereocenters. The van der Waals surface area contributed by atoms with Crippen molar-refractivity contribution < 1.29 is 4.79 Å². The van der Waals surface area contributed by atoms with Crippen molar-refractivity contribution in [1.29, 1.82) is 0 Å². The van der Waals surface area contributed by atoms with Crippen LogP contribution in [0.1, 0.15) is 36.8 Å². The van der Waals surface area contributed by atoms with E-state index in [9.17, 15) is 4.79 Å². The number of carbonyl (C=O) groups is 1. The summed E-state index contributed by atoms with van der Waals surface area (Å²) < 4.78 is 0. The molecule has 3 rings (SSSR count). The minimum absolute atomic E-state index is 0.287. The molecule has 1 amide bonds. The van der Waals surface area contributed by atoms with E-state index in [-0.39, 0.29) is 11.6 Å². The Balaban J connectivity index is 1.92. The zero-order chi connectivity index (χ0) is 24.5. The molecule has 2 aromatic carbocycles. The third-order valence-electron chi connectivity index (χ3n) is 4.94. The molecule has 0 fully saturated rings. The van der Waals surface area contributed by atoms with Gasteiger partial charge in [0.05, 0.1) is 5.69 Å². The van der Waals surface area contributed by atoms with Crippen LogP contribution < -0.4 is 10.6 Å². The lowest BCUT2D eigenvalue weighted by molar-refractivity contribution is 0.102. The van der Waals surface area contributed by atoms with E-state index in [1.165, 1.54) is 0 Å². The largest absolute Gasteiger partial charge is 0.369 e. The first kappa shape index (κ1) is 24.8. The molecule has 7 nitrogen and oxygen atoms in total. The van der Waals surface area contributed by atoms with Gasteiger partial charge in [0.1, 0.15) is 11.5 Å². The molecule has 3 aromatic rings. The molecule has 1 aromatic heterocycles. The fraction of sp³-hybridized carbons (Fsp3) is 0.259. The highest BCUT2D eigenvalue weighted by atomic mass is 16.1. The van der Waals surface area contributed by atoms with Crippen LogP contribution in [0.5, 0.6) is 0 Å². The van der Waals surface area contributed by atoms with Crippen LogP contribution in [0.3, 0.4) is 0 Å². The number of para-hydroxylation sites is 1. The number of carbonyl (C=O) groups excluding carboxylic acids is 1. The van der Waals surface area contributed by atoms with Crippen LogP contribution in [-0.4, -0.2) is 53.7 Å². The van der Waals surface area contributed by atoms with E-state index in [4.69, 9.17) is 0 Å². The van der Waals surface area contributed by atoms with Gasteiger partial charge in [-0.25, -0.2) is 9.97 Å². The van der Waals surface area contributed by atoms with Crippen LogP contribution in [0.2, 0.25) is 0 Å². The molecule has 0 unspecified atom stereocenters. The van der Waals surface area contributed by atoms with Crippen molar-refractivity contribution in [3.8, 4) is 11.4 Å². The van der Waals surface area contributed by atoms with Crippen LogP contribution in [0.4, 0.5) is 11.5 Å². The maximum Gasteiger partial charge on any atom is 0.274 e. The van der Waals surface area contributed by atoms with Crippen LogP contribution in [0.25, 0.3) is 11.4 Å². The minimum Gasteiger partial charge on any atom is -0.369 e. The number of allylic oxidation sites excluding steroid dienone is 1. The molecule has 0 saturated heterocycles. The lowest BCUT2D eigenvalue weighted by Crippen LogP contribution is -2.22. The van der Waals surface area contributed by atoms with Gasteiger partial charge in [-0.2, -0.15) is 0 Å². The average molecular weight is 457 g/mol. The van der Waals surface area contributed by atoms with E-state index in [1.807, 2.05) is 95.7 Å². The number of hydrogen-bond acceptors (Lipinski definition) is 6. The second-order valence-electron chi connectivity index (χ2n) is 8.48. The van der Waals surface area contributed by atoms with Crippen molar-refractivity contribution >= 4 is 23.1 Å². The summed E-state index contributed by atoms with van der Waals surface area (Å²) in [6.45, 7) is 7.45.